The number of nitrogens with zero attached hydrogens (tertiary/aromatic N) is 3. The molecule has 1 aliphatic heterocycles. The lowest BCUT2D eigenvalue weighted by Crippen LogP contribution is -2.29. The molecule has 7 nitrogen and oxygen atoms in total. The Balaban J connectivity index is 1.81. The monoisotopic (exact) mass is 405 g/mol. The van der Waals surface area contributed by atoms with Gasteiger partial charge in [-0.2, -0.15) is 5.10 Å². The topological polar surface area (TPSA) is 76.8 Å². The fraction of sp³-hybridized carbons (Fsp3) is 0.714. The number of carbonyl (C=O) groups is 1. The molecule has 0 aromatic carbocycles. The molecule has 23 heavy (non-hydrogen) atoms. The first-order chi connectivity index (χ1) is 10.8. The number of amides is 1. The van der Waals surface area contributed by atoms with Crippen molar-refractivity contribution >= 4 is 30.1 Å². The molecule has 0 unspecified atom stereocenters. The van der Waals surface area contributed by atoms with Crippen LogP contribution in [0, 0.1) is 0 Å². The van der Waals surface area contributed by atoms with Crippen molar-refractivity contribution in [1.82, 2.24) is 14.7 Å². The number of carboxylic acid groups (broad SMARTS) is 1. The highest BCUT2D eigenvalue weighted by molar-refractivity contribution is 9.10. The maximum Gasteiger partial charge on any atom is 0.407 e. The number of likely N-dealkylation sites (tertiary alicyclic amines) is 1. The minimum absolute atomic E-state index is 0.132. The molecule has 1 aromatic rings. The maximum atomic E-state index is 10.9. The van der Waals surface area contributed by atoms with Crippen LogP contribution in [0.15, 0.2) is 10.8 Å². The van der Waals surface area contributed by atoms with E-state index in [0.29, 0.717) is 32.0 Å². The van der Waals surface area contributed by atoms with Crippen molar-refractivity contribution in [3.05, 3.63) is 10.8 Å². The van der Waals surface area contributed by atoms with Gasteiger partial charge in [-0.3, -0.25) is 0 Å². The zero-order chi connectivity index (χ0) is 17.0. The third-order valence-electron chi connectivity index (χ3n) is 3.66. The van der Waals surface area contributed by atoms with Gasteiger partial charge in [0.25, 0.3) is 0 Å². The molecule has 0 aliphatic carbocycles. The first-order valence-electron chi connectivity index (χ1n) is 7.70. The second kappa shape index (κ2) is 7.67. The van der Waals surface area contributed by atoms with E-state index >= 15 is 0 Å². The molecule has 2 heterocycles. The van der Waals surface area contributed by atoms with Crippen LogP contribution < -0.4 is 4.74 Å². The van der Waals surface area contributed by atoms with Crippen LogP contribution in [0.4, 0.5) is 4.79 Å². The average Bonchev–Trinajstić information content (AvgIpc) is 3.04. The molecule has 9 heteroatoms. The van der Waals surface area contributed by atoms with Gasteiger partial charge in [-0.1, -0.05) is 19.6 Å². The minimum Gasteiger partial charge on any atom is -0.484 e. The Morgan fingerprint density at radius 3 is 2.87 bits per heavy atom. The molecule has 0 saturated carbocycles. The highest BCUT2D eigenvalue weighted by Crippen LogP contribution is 2.27. The van der Waals surface area contributed by atoms with E-state index in [1.165, 1.54) is 4.90 Å². The van der Waals surface area contributed by atoms with Crippen LogP contribution in [0.3, 0.4) is 0 Å². The van der Waals surface area contributed by atoms with E-state index in [-0.39, 0.29) is 6.10 Å². The van der Waals surface area contributed by atoms with Crippen molar-refractivity contribution in [3.63, 3.8) is 0 Å². The lowest BCUT2D eigenvalue weighted by molar-refractivity contribution is 0.0764. The second-order valence-corrected chi connectivity index (χ2v) is 13.3. The third-order valence-corrected chi connectivity index (χ3v) is 6.17. The van der Waals surface area contributed by atoms with Crippen LogP contribution in [0.25, 0.3) is 0 Å². The van der Waals surface area contributed by atoms with Crippen LogP contribution in [-0.2, 0) is 11.5 Å². The summed E-state index contributed by atoms with van der Waals surface area (Å²) in [6, 6.07) is 1.11. The third kappa shape index (κ3) is 5.50. The molecule has 1 atom stereocenters. The summed E-state index contributed by atoms with van der Waals surface area (Å²) in [7, 11) is -1.09. The van der Waals surface area contributed by atoms with Gasteiger partial charge in [0.05, 0.1) is 12.7 Å². The van der Waals surface area contributed by atoms with Crippen LogP contribution in [-0.4, -0.2) is 59.8 Å². The van der Waals surface area contributed by atoms with Crippen LogP contribution in [0.5, 0.6) is 5.75 Å². The van der Waals surface area contributed by atoms with Gasteiger partial charge in [0.2, 0.25) is 0 Å². The van der Waals surface area contributed by atoms with Crippen LogP contribution in [0.1, 0.15) is 6.42 Å². The smallest absolute Gasteiger partial charge is 0.407 e. The predicted octanol–water partition coefficient (Wildman–Crippen LogP) is 3.09. The number of hydrogen-bond donors (Lipinski definition) is 1. The van der Waals surface area contributed by atoms with Crippen molar-refractivity contribution in [2.45, 2.75) is 44.9 Å². The van der Waals surface area contributed by atoms with Gasteiger partial charge in [0.15, 0.2) is 5.75 Å². The molecule has 1 amide bonds. The summed E-state index contributed by atoms with van der Waals surface area (Å²) in [6.45, 7) is 8.94. The second-order valence-electron chi connectivity index (χ2n) is 6.90. The summed E-state index contributed by atoms with van der Waals surface area (Å²) in [5.41, 5.74) is 0. The zero-order valence-corrected chi connectivity index (χ0v) is 16.4. The lowest BCUT2D eigenvalue weighted by Gasteiger charge is -2.15. The van der Waals surface area contributed by atoms with E-state index < -0.39 is 14.2 Å². The number of aromatic nitrogens is 2. The number of rotatable bonds is 7. The van der Waals surface area contributed by atoms with Crippen molar-refractivity contribution in [1.29, 1.82) is 0 Å². The van der Waals surface area contributed by atoms with E-state index in [9.17, 15) is 4.79 Å². The SMILES string of the molecule is C[Si](C)(C)CCOCn1ncc(O[C@H]2CCN(C(=O)O)C2)c1Br. The number of halogens is 1. The van der Waals surface area contributed by atoms with Gasteiger partial charge in [-0.25, -0.2) is 9.48 Å². The van der Waals surface area contributed by atoms with Crippen molar-refractivity contribution in [2.75, 3.05) is 19.7 Å². The number of hydrogen-bond acceptors (Lipinski definition) is 4. The molecule has 1 aliphatic rings. The maximum absolute atomic E-state index is 10.9. The molecule has 130 valence electrons. The van der Waals surface area contributed by atoms with Crippen molar-refractivity contribution < 1.29 is 19.4 Å². The van der Waals surface area contributed by atoms with Crippen molar-refractivity contribution in [3.8, 4) is 5.75 Å². The zero-order valence-electron chi connectivity index (χ0n) is 13.8. The van der Waals surface area contributed by atoms with Gasteiger partial charge in [0, 0.05) is 27.6 Å². The highest BCUT2D eigenvalue weighted by Gasteiger charge is 2.28. The van der Waals surface area contributed by atoms with Crippen LogP contribution >= 0.6 is 15.9 Å². The first kappa shape index (κ1) is 18.3. The fourth-order valence-corrected chi connectivity index (χ4v) is 3.38. The van der Waals surface area contributed by atoms with Gasteiger partial charge in [-0.15, -0.1) is 0 Å². The molecule has 1 saturated heterocycles. The largest absolute Gasteiger partial charge is 0.484 e. The molecule has 1 fully saturated rings. The Hall–Kier alpha value is -1.06. The Morgan fingerprint density at radius 2 is 2.26 bits per heavy atom. The summed E-state index contributed by atoms with van der Waals surface area (Å²) in [4.78, 5) is 12.3. The van der Waals surface area contributed by atoms with Crippen LogP contribution in [0.2, 0.25) is 25.7 Å². The molecule has 0 bridgehead atoms. The number of ether oxygens (including phenoxy) is 2. The Morgan fingerprint density at radius 1 is 1.52 bits per heavy atom. The standard InChI is InChI=1S/C14H24BrN3O4Si/c1-23(2,3)7-6-21-10-18-13(15)12(8-16-18)22-11-4-5-17(9-11)14(19)20/h8,11H,4-7,9-10H2,1-3H3,(H,19,20)/t11-/m0/s1. The summed E-state index contributed by atoms with van der Waals surface area (Å²) in [5, 5.41) is 13.2. The molecular weight excluding hydrogens is 382 g/mol. The minimum atomic E-state index is -1.09. The summed E-state index contributed by atoms with van der Waals surface area (Å²) >= 11 is 3.47. The summed E-state index contributed by atoms with van der Waals surface area (Å²) in [5.74, 6) is 0.621. The normalized spacial score (nSPS) is 18.4. The summed E-state index contributed by atoms with van der Waals surface area (Å²) in [6.07, 6.45) is 1.29. The van der Waals surface area contributed by atoms with Gasteiger partial charge < -0.3 is 19.5 Å². The Labute approximate surface area is 145 Å². The lowest BCUT2D eigenvalue weighted by atomic mass is 10.3. The van der Waals surface area contributed by atoms with E-state index in [2.05, 4.69) is 40.7 Å². The van der Waals surface area contributed by atoms with Gasteiger partial charge >= 0.3 is 6.09 Å². The van der Waals surface area contributed by atoms with Crippen molar-refractivity contribution in [2.24, 2.45) is 0 Å². The van der Waals surface area contributed by atoms with E-state index in [1.54, 1.807) is 10.9 Å². The predicted molar refractivity (Wildman–Crippen MR) is 92.7 cm³/mol. The fourth-order valence-electron chi connectivity index (χ4n) is 2.23. The highest BCUT2D eigenvalue weighted by atomic mass is 79.9. The van der Waals surface area contributed by atoms with E-state index in [1.807, 2.05) is 0 Å². The molecular formula is C14H24BrN3O4Si. The molecule has 1 N–H and O–H groups in total. The summed E-state index contributed by atoms with van der Waals surface area (Å²) < 4.78 is 13.9. The molecule has 0 spiro atoms. The molecule has 0 radical (unpaired) electrons. The quantitative estimate of drug-likeness (QED) is 0.556. The van der Waals surface area contributed by atoms with Gasteiger partial charge in [0.1, 0.15) is 17.4 Å². The molecule has 2 rings (SSSR count). The first-order valence-corrected chi connectivity index (χ1v) is 12.2. The Kier molecular flexibility index (Phi) is 6.10. The molecule has 1 aromatic heterocycles. The average molecular weight is 406 g/mol. The Bertz CT molecular complexity index is 547. The van der Waals surface area contributed by atoms with Gasteiger partial charge in [-0.05, 0) is 22.0 Å². The van der Waals surface area contributed by atoms with E-state index in [0.717, 1.165) is 17.3 Å². The van der Waals surface area contributed by atoms with E-state index in [4.69, 9.17) is 14.6 Å².